The summed E-state index contributed by atoms with van der Waals surface area (Å²) in [6.07, 6.45) is 4.53. The zero-order chi connectivity index (χ0) is 25.9. The minimum atomic E-state index is -0.275. The maximum Gasteiger partial charge on any atom is 0.251 e. The number of hydrogen-bond acceptors (Lipinski definition) is 7. The number of ether oxygens (including phenoxy) is 2. The number of anilines is 2. The molecule has 0 radical (unpaired) electrons. The molecule has 0 aliphatic heterocycles. The second-order valence-corrected chi connectivity index (χ2v) is 9.31. The number of rotatable bonds is 7. The Balaban J connectivity index is 1.54. The van der Waals surface area contributed by atoms with E-state index in [9.17, 15) is 9.90 Å². The van der Waals surface area contributed by atoms with Crippen LogP contribution in [0.25, 0.3) is 22.2 Å². The van der Waals surface area contributed by atoms with Crippen LogP contribution in [0.15, 0.2) is 48.7 Å². The Bertz CT molecular complexity index is 1410. The van der Waals surface area contributed by atoms with Crippen LogP contribution in [0.5, 0.6) is 11.6 Å². The molecule has 2 heterocycles. The van der Waals surface area contributed by atoms with E-state index in [0.29, 0.717) is 47.3 Å². The maximum atomic E-state index is 12.0. The highest BCUT2D eigenvalue weighted by molar-refractivity contribution is 5.98. The van der Waals surface area contributed by atoms with Gasteiger partial charge in [-0.2, -0.15) is 9.97 Å². The fourth-order valence-electron chi connectivity index (χ4n) is 4.62. The number of aromatic nitrogens is 3. The van der Waals surface area contributed by atoms with Gasteiger partial charge >= 0.3 is 0 Å². The van der Waals surface area contributed by atoms with Crippen molar-refractivity contribution in [3.63, 3.8) is 0 Å². The van der Waals surface area contributed by atoms with Gasteiger partial charge < -0.3 is 30.2 Å². The molecule has 1 fully saturated rings. The van der Waals surface area contributed by atoms with Crippen molar-refractivity contribution < 1.29 is 19.4 Å². The normalized spacial score (nSPS) is 17.4. The standard InChI is InChI=1S/C28H31N5O4/c1-16-4-6-17(7-5-16)21-15-30-25-24(21)27(37-20-11-9-19(34)10-12-20)33-28(32-25)31-22-13-8-18(26(35)29-2)14-23(22)36-3/h4-8,13-15,19-20,34H,9-12H2,1-3H3,(H,29,35)(H2,30,31,32,33)/t19-,20-. The van der Waals surface area contributed by atoms with Crippen LogP contribution in [-0.2, 0) is 0 Å². The molecule has 0 spiro atoms. The van der Waals surface area contributed by atoms with Gasteiger partial charge in [0, 0.05) is 24.4 Å². The van der Waals surface area contributed by atoms with E-state index in [4.69, 9.17) is 19.4 Å². The van der Waals surface area contributed by atoms with E-state index in [1.807, 2.05) is 6.20 Å². The number of amides is 1. The van der Waals surface area contributed by atoms with Crippen LogP contribution in [0.2, 0.25) is 0 Å². The Labute approximate surface area is 215 Å². The van der Waals surface area contributed by atoms with Crippen LogP contribution >= 0.6 is 0 Å². The lowest BCUT2D eigenvalue weighted by atomic mass is 9.95. The molecule has 0 bridgehead atoms. The van der Waals surface area contributed by atoms with E-state index >= 15 is 0 Å². The van der Waals surface area contributed by atoms with E-state index in [1.54, 1.807) is 32.4 Å². The third-order valence-corrected chi connectivity index (χ3v) is 6.72. The minimum absolute atomic E-state index is 0.0449. The topological polar surface area (TPSA) is 121 Å². The van der Waals surface area contributed by atoms with Crippen molar-refractivity contribution in [3.8, 4) is 22.8 Å². The molecule has 1 saturated carbocycles. The Morgan fingerprint density at radius 2 is 1.84 bits per heavy atom. The van der Waals surface area contributed by atoms with E-state index in [-0.39, 0.29) is 18.1 Å². The molecule has 5 rings (SSSR count). The van der Waals surface area contributed by atoms with E-state index in [2.05, 4.69) is 46.8 Å². The average molecular weight is 502 g/mol. The van der Waals surface area contributed by atoms with E-state index in [1.165, 1.54) is 5.56 Å². The lowest BCUT2D eigenvalue weighted by Crippen LogP contribution is -2.27. The number of H-pyrrole nitrogens is 1. The average Bonchev–Trinajstić information content (AvgIpc) is 3.34. The molecule has 2 aromatic carbocycles. The molecule has 192 valence electrons. The molecule has 1 aliphatic carbocycles. The van der Waals surface area contributed by atoms with Crippen LogP contribution in [0.1, 0.15) is 41.6 Å². The molecule has 9 nitrogen and oxygen atoms in total. The number of aliphatic hydroxyl groups excluding tert-OH is 1. The van der Waals surface area contributed by atoms with Crippen molar-refractivity contribution in [2.45, 2.75) is 44.8 Å². The fraction of sp³-hybridized carbons (Fsp3) is 0.321. The smallest absolute Gasteiger partial charge is 0.251 e. The monoisotopic (exact) mass is 501 g/mol. The van der Waals surface area contributed by atoms with E-state index in [0.717, 1.165) is 29.4 Å². The van der Waals surface area contributed by atoms with Crippen LogP contribution in [0.3, 0.4) is 0 Å². The number of fused-ring (bicyclic) bond motifs is 1. The Morgan fingerprint density at radius 1 is 1.08 bits per heavy atom. The molecule has 2 aromatic heterocycles. The highest BCUT2D eigenvalue weighted by atomic mass is 16.5. The number of nitrogens with one attached hydrogen (secondary N) is 3. The number of benzene rings is 2. The lowest BCUT2D eigenvalue weighted by Gasteiger charge is -2.26. The van der Waals surface area contributed by atoms with Crippen molar-refractivity contribution in [2.24, 2.45) is 0 Å². The van der Waals surface area contributed by atoms with Gasteiger partial charge in [-0.1, -0.05) is 29.8 Å². The molecule has 0 atom stereocenters. The number of aromatic amines is 1. The van der Waals surface area contributed by atoms with Crippen molar-refractivity contribution >= 4 is 28.6 Å². The van der Waals surface area contributed by atoms with E-state index < -0.39 is 0 Å². The number of methoxy groups -OCH3 is 1. The second kappa shape index (κ2) is 10.5. The third kappa shape index (κ3) is 5.22. The molecular formula is C28H31N5O4. The zero-order valence-corrected chi connectivity index (χ0v) is 21.2. The number of aliphatic hydroxyl groups is 1. The summed E-state index contributed by atoms with van der Waals surface area (Å²) in [4.78, 5) is 24.8. The summed E-state index contributed by atoms with van der Waals surface area (Å²) in [7, 11) is 3.13. The summed E-state index contributed by atoms with van der Waals surface area (Å²) in [5.74, 6) is 1.10. The number of nitrogens with zero attached hydrogens (tertiary/aromatic N) is 2. The first-order valence-electron chi connectivity index (χ1n) is 12.4. The predicted octanol–water partition coefficient (Wildman–Crippen LogP) is 4.73. The summed E-state index contributed by atoms with van der Waals surface area (Å²) in [6, 6.07) is 13.4. The molecule has 0 unspecified atom stereocenters. The summed E-state index contributed by atoms with van der Waals surface area (Å²) in [5, 5.41) is 16.6. The predicted molar refractivity (Wildman–Crippen MR) is 143 cm³/mol. The van der Waals surface area contributed by atoms with Gasteiger partial charge in [0.1, 0.15) is 17.5 Å². The van der Waals surface area contributed by atoms with Gasteiger partial charge in [-0.25, -0.2) is 0 Å². The number of hydrogen-bond donors (Lipinski definition) is 4. The fourth-order valence-corrected chi connectivity index (χ4v) is 4.62. The summed E-state index contributed by atoms with van der Waals surface area (Å²) in [5.41, 5.74) is 4.92. The van der Waals surface area contributed by atoms with Gasteiger partial charge in [-0.3, -0.25) is 4.79 Å². The summed E-state index contributed by atoms with van der Waals surface area (Å²) < 4.78 is 12.0. The van der Waals surface area contributed by atoms with Crippen molar-refractivity contribution in [1.82, 2.24) is 20.3 Å². The Kier molecular flexibility index (Phi) is 6.96. The van der Waals surface area contributed by atoms with Gasteiger partial charge in [0.25, 0.3) is 5.91 Å². The minimum Gasteiger partial charge on any atom is -0.495 e. The first kappa shape index (κ1) is 24.6. The van der Waals surface area contributed by atoms with Crippen LogP contribution in [0.4, 0.5) is 11.6 Å². The molecule has 0 saturated heterocycles. The highest BCUT2D eigenvalue weighted by Gasteiger charge is 2.24. The molecular weight excluding hydrogens is 470 g/mol. The van der Waals surface area contributed by atoms with Gasteiger partial charge in [0.2, 0.25) is 11.8 Å². The van der Waals surface area contributed by atoms with Gasteiger partial charge in [-0.15, -0.1) is 0 Å². The quantitative estimate of drug-likeness (QED) is 0.289. The van der Waals surface area contributed by atoms with Gasteiger partial charge in [-0.05, 0) is 56.4 Å². The number of aryl methyl sites for hydroxylation is 1. The molecule has 37 heavy (non-hydrogen) atoms. The van der Waals surface area contributed by atoms with Crippen LogP contribution in [-0.4, -0.2) is 52.3 Å². The van der Waals surface area contributed by atoms with Crippen LogP contribution < -0.4 is 20.1 Å². The third-order valence-electron chi connectivity index (χ3n) is 6.72. The first-order valence-corrected chi connectivity index (χ1v) is 12.4. The largest absolute Gasteiger partial charge is 0.495 e. The Morgan fingerprint density at radius 3 is 2.54 bits per heavy atom. The maximum absolute atomic E-state index is 12.0. The number of carbonyl (C=O) groups is 1. The molecule has 1 amide bonds. The van der Waals surface area contributed by atoms with Crippen molar-refractivity contribution in [3.05, 3.63) is 59.8 Å². The zero-order valence-electron chi connectivity index (χ0n) is 21.2. The molecule has 4 aromatic rings. The SMILES string of the molecule is CNC(=O)c1ccc(Nc2nc(O[C@H]3CC[C@H](O)CC3)c3c(-c4ccc(C)cc4)c[nH]c3n2)c(OC)c1. The van der Waals surface area contributed by atoms with Crippen molar-refractivity contribution in [1.29, 1.82) is 0 Å². The highest BCUT2D eigenvalue weighted by Crippen LogP contribution is 2.37. The van der Waals surface area contributed by atoms with Gasteiger partial charge in [0.15, 0.2) is 0 Å². The second-order valence-electron chi connectivity index (χ2n) is 9.31. The van der Waals surface area contributed by atoms with Crippen LogP contribution in [0, 0.1) is 6.92 Å². The summed E-state index contributed by atoms with van der Waals surface area (Å²) >= 11 is 0. The first-order chi connectivity index (χ1) is 17.9. The number of carbonyl (C=O) groups excluding carboxylic acids is 1. The molecule has 9 heteroatoms. The molecule has 4 N–H and O–H groups in total. The molecule has 1 aliphatic rings. The van der Waals surface area contributed by atoms with Crippen molar-refractivity contribution in [2.75, 3.05) is 19.5 Å². The summed E-state index contributed by atoms with van der Waals surface area (Å²) in [6.45, 7) is 2.06. The Hall–Kier alpha value is -4.11. The van der Waals surface area contributed by atoms with Gasteiger partial charge in [0.05, 0.1) is 24.3 Å². The lowest BCUT2D eigenvalue weighted by molar-refractivity contribution is 0.0652.